The van der Waals surface area contributed by atoms with Crippen LogP contribution in [0.15, 0.2) is 30.6 Å². The highest BCUT2D eigenvalue weighted by Crippen LogP contribution is 2.24. The molecule has 150 valence electrons. The Bertz CT molecular complexity index is 804. The van der Waals surface area contributed by atoms with Crippen LogP contribution < -0.4 is 19.5 Å². The quantitative estimate of drug-likeness (QED) is 0.789. The van der Waals surface area contributed by atoms with Crippen LogP contribution in [0.4, 0.5) is 0 Å². The van der Waals surface area contributed by atoms with Crippen molar-refractivity contribution in [1.82, 2.24) is 15.3 Å². The highest BCUT2D eigenvalue weighted by molar-refractivity contribution is 5.79. The van der Waals surface area contributed by atoms with E-state index < -0.39 is 0 Å². The number of nitrogens with zero attached hydrogens (tertiary/aromatic N) is 2. The topological polar surface area (TPSA) is 82.6 Å². The van der Waals surface area contributed by atoms with E-state index in [1.807, 2.05) is 25.1 Å². The summed E-state index contributed by atoms with van der Waals surface area (Å²) < 4.78 is 16.2. The maximum Gasteiger partial charge on any atom is 0.235 e. The monoisotopic (exact) mass is 385 g/mol. The third-order valence-electron chi connectivity index (χ3n) is 4.95. The summed E-state index contributed by atoms with van der Waals surface area (Å²) in [5, 5.41) is 3.14. The lowest BCUT2D eigenvalue weighted by Gasteiger charge is -2.29. The fourth-order valence-corrected chi connectivity index (χ4v) is 3.50. The first kappa shape index (κ1) is 19.9. The van der Waals surface area contributed by atoms with E-state index in [0.717, 1.165) is 42.6 Å². The molecule has 1 fully saturated rings. The van der Waals surface area contributed by atoms with E-state index in [2.05, 4.69) is 15.3 Å². The molecule has 7 heteroatoms. The molecule has 1 aliphatic carbocycles. The molecule has 1 saturated carbocycles. The summed E-state index contributed by atoms with van der Waals surface area (Å²) >= 11 is 0. The number of ether oxygens (including phenoxy) is 3. The van der Waals surface area contributed by atoms with Crippen LogP contribution in [0, 0.1) is 6.92 Å². The molecule has 1 amide bonds. The molecule has 0 unspecified atom stereocenters. The number of rotatable bonds is 7. The van der Waals surface area contributed by atoms with Crippen LogP contribution in [-0.4, -0.2) is 42.2 Å². The number of carbonyl (C=O) groups excluding carboxylic acids is 1. The van der Waals surface area contributed by atoms with Crippen molar-refractivity contribution in [2.24, 2.45) is 0 Å². The summed E-state index contributed by atoms with van der Waals surface area (Å²) in [5.74, 6) is 1.80. The molecular formula is C21H27N3O4. The summed E-state index contributed by atoms with van der Waals surface area (Å²) in [5.41, 5.74) is 2.02. The van der Waals surface area contributed by atoms with E-state index >= 15 is 0 Å². The van der Waals surface area contributed by atoms with Gasteiger partial charge in [-0.3, -0.25) is 9.78 Å². The lowest BCUT2D eigenvalue weighted by Crippen LogP contribution is -2.40. The van der Waals surface area contributed by atoms with Crippen molar-refractivity contribution in [2.45, 2.75) is 51.2 Å². The zero-order valence-corrected chi connectivity index (χ0v) is 16.6. The summed E-state index contributed by atoms with van der Waals surface area (Å²) in [6.45, 7) is 1.98. The van der Waals surface area contributed by atoms with Gasteiger partial charge in [0.15, 0.2) is 0 Å². The maximum atomic E-state index is 12.4. The minimum Gasteiger partial charge on any atom is -0.496 e. The van der Waals surface area contributed by atoms with Gasteiger partial charge in [-0.15, -0.1) is 0 Å². The van der Waals surface area contributed by atoms with Gasteiger partial charge in [0.2, 0.25) is 17.7 Å². The van der Waals surface area contributed by atoms with Gasteiger partial charge in [-0.25, -0.2) is 0 Å². The molecule has 28 heavy (non-hydrogen) atoms. The van der Waals surface area contributed by atoms with Crippen molar-refractivity contribution in [3.63, 3.8) is 0 Å². The Balaban J connectivity index is 1.44. The Kier molecular flexibility index (Phi) is 6.68. The largest absolute Gasteiger partial charge is 0.496 e. The Hall–Kier alpha value is -2.83. The first-order valence-electron chi connectivity index (χ1n) is 9.53. The average Bonchev–Trinajstić information content (AvgIpc) is 2.70. The van der Waals surface area contributed by atoms with Gasteiger partial charge in [-0.05, 0) is 49.8 Å². The maximum absolute atomic E-state index is 12.4. The van der Waals surface area contributed by atoms with Gasteiger partial charge in [0.05, 0.1) is 33.0 Å². The fraction of sp³-hybridized carbons (Fsp3) is 0.476. The zero-order chi connectivity index (χ0) is 19.9. The molecule has 1 heterocycles. The lowest BCUT2D eigenvalue weighted by molar-refractivity contribution is -0.121. The molecule has 1 aromatic carbocycles. The SMILES string of the molecule is COc1cncc(OC2CCC(NC(=O)Cc3ccc(OC)c(C)c3)CC2)n1. The smallest absolute Gasteiger partial charge is 0.235 e. The number of benzene rings is 1. The van der Waals surface area contributed by atoms with E-state index in [4.69, 9.17) is 14.2 Å². The Morgan fingerprint density at radius 2 is 1.86 bits per heavy atom. The molecule has 0 spiro atoms. The number of aromatic nitrogens is 2. The van der Waals surface area contributed by atoms with Crippen LogP contribution >= 0.6 is 0 Å². The van der Waals surface area contributed by atoms with Crippen molar-refractivity contribution in [1.29, 1.82) is 0 Å². The van der Waals surface area contributed by atoms with Gasteiger partial charge in [0.1, 0.15) is 11.9 Å². The van der Waals surface area contributed by atoms with Gasteiger partial charge >= 0.3 is 0 Å². The molecular weight excluding hydrogens is 358 g/mol. The number of hydrogen-bond acceptors (Lipinski definition) is 6. The molecule has 0 bridgehead atoms. The van der Waals surface area contributed by atoms with Crippen LogP contribution in [0.1, 0.15) is 36.8 Å². The Morgan fingerprint density at radius 1 is 1.11 bits per heavy atom. The van der Waals surface area contributed by atoms with Crippen molar-refractivity contribution >= 4 is 5.91 Å². The van der Waals surface area contributed by atoms with Crippen molar-refractivity contribution in [3.8, 4) is 17.5 Å². The second-order valence-corrected chi connectivity index (χ2v) is 7.04. The first-order valence-corrected chi connectivity index (χ1v) is 9.53. The second-order valence-electron chi connectivity index (χ2n) is 7.04. The summed E-state index contributed by atoms with van der Waals surface area (Å²) in [6.07, 6.45) is 7.10. The molecule has 0 saturated heterocycles. The molecule has 1 N–H and O–H groups in total. The molecule has 1 aromatic heterocycles. The van der Waals surface area contributed by atoms with E-state index in [1.165, 1.54) is 0 Å². The highest BCUT2D eigenvalue weighted by atomic mass is 16.5. The van der Waals surface area contributed by atoms with Crippen LogP contribution in [0.5, 0.6) is 17.5 Å². The van der Waals surface area contributed by atoms with E-state index in [-0.39, 0.29) is 18.1 Å². The molecule has 0 radical (unpaired) electrons. The van der Waals surface area contributed by atoms with E-state index in [1.54, 1.807) is 26.6 Å². The number of aryl methyl sites for hydroxylation is 1. The molecule has 2 aromatic rings. The standard InChI is InChI=1S/C21H27N3O4/c1-14-10-15(4-9-18(14)26-2)11-19(25)23-16-5-7-17(8-6-16)28-21-13-22-12-20(24-21)27-3/h4,9-10,12-13,16-17H,5-8,11H2,1-3H3,(H,23,25). The summed E-state index contributed by atoms with van der Waals surface area (Å²) in [6, 6.07) is 6.02. The Morgan fingerprint density at radius 3 is 2.54 bits per heavy atom. The van der Waals surface area contributed by atoms with Crippen molar-refractivity contribution in [3.05, 3.63) is 41.7 Å². The normalized spacial score (nSPS) is 19.0. The third kappa shape index (κ3) is 5.34. The lowest BCUT2D eigenvalue weighted by atomic mass is 9.92. The van der Waals surface area contributed by atoms with Gasteiger partial charge in [-0.2, -0.15) is 4.98 Å². The minimum absolute atomic E-state index is 0.0487. The molecule has 7 nitrogen and oxygen atoms in total. The van der Waals surface area contributed by atoms with Gasteiger partial charge in [-0.1, -0.05) is 12.1 Å². The molecule has 0 atom stereocenters. The van der Waals surface area contributed by atoms with Crippen LogP contribution in [0.2, 0.25) is 0 Å². The molecule has 1 aliphatic rings. The van der Waals surface area contributed by atoms with Crippen molar-refractivity contribution in [2.75, 3.05) is 14.2 Å². The number of amides is 1. The fourth-order valence-electron chi connectivity index (χ4n) is 3.50. The van der Waals surface area contributed by atoms with Gasteiger partial charge < -0.3 is 19.5 Å². The van der Waals surface area contributed by atoms with Crippen LogP contribution in [0.25, 0.3) is 0 Å². The van der Waals surface area contributed by atoms with Gasteiger partial charge in [0.25, 0.3) is 0 Å². The Labute approximate surface area is 165 Å². The van der Waals surface area contributed by atoms with E-state index in [0.29, 0.717) is 18.2 Å². The highest BCUT2D eigenvalue weighted by Gasteiger charge is 2.24. The molecule has 3 rings (SSSR count). The third-order valence-corrected chi connectivity index (χ3v) is 4.95. The summed E-state index contributed by atoms with van der Waals surface area (Å²) in [7, 11) is 3.20. The number of nitrogens with one attached hydrogen (secondary N) is 1. The first-order chi connectivity index (χ1) is 13.6. The zero-order valence-electron chi connectivity index (χ0n) is 16.6. The average molecular weight is 385 g/mol. The summed E-state index contributed by atoms with van der Waals surface area (Å²) in [4.78, 5) is 20.7. The van der Waals surface area contributed by atoms with Crippen molar-refractivity contribution < 1.29 is 19.0 Å². The predicted molar refractivity (Wildman–Crippen MR) is 105 cm³/mol. The number of carbonyl (C=O) groups is 1. The predicted octanol–water partition coefficient (Wildman–Crippen LogP) is 2.85. The minimum atomic E-state index is 0.0487. The number of methoxy groups -OCH3 is 2. The van der Waals surface area contributed by atoms with Gasteiger partial charge in [0, 0.05) is 6.04 Å². The molecule has 0 aliphatic heterocycles. The van der Waals surface area contributed by atoms with Crippen LogP contribution in [-0.2, 0) is 11.2 Å². The number of hydrogen-bond donors (Lipinski definition) is 1. The second kappa shape index (κ2) is 9.39. The van der Waals surface area contributed by atoms with E-state index in [9.17, 15) is 4.79 Å². The van der Waals surface area contributed by atoms with Crippen LogP contribution in [0.3, 0.4) is 0 Å².